The Kier molecular flexibility index (Phi) is 4.06. The normalized spacial score (nSPS) is 10.5. The molecule has 0 spiro atoms. The number of benzene rings is 1. The Morgan fingerprint density at radius 2 is 2.24 bits per heavy atom. The van der Waals surface area contributed by atoms with Crippen LogP contribution in [0.1, 0.15) is 11.5 Å². The number of hydrogen-bond donors (Lipinski definition) is 0. The first-order chi connectivity index (χ1) is 8.19. The molecule has 0 aliphatic rings. The van der Waals surface area contributed by atoms with Crippen molar-refractivity contribution in [3.8, 4) is 5.75 Å². The lowest BCUT2D eigenvalue weighted by Crippen LogP contribution is -1.87. The summed E-state index contributed by atoms with van der Waals surface area (Å²) in [5, 5.41) is 8.29. The van der Waals surface area contributed by atoms with E-state index in [1.165, 1.54) is 11.8 Å². The van der Waals surface area contributed by atoms with Crippen LogP contribution in [0.3, 0.4) is 0 Å². The molecule has 0 atom stereocenters. The zero-order chi connectivity index (χ0) is 12.3. The predicted octanol–water partition coefficient (Wildman–Crippen LogP) is 3.44. The van der Waals surface area contributed by atoms with Crippen molar-refractivity contribution >= 4 is 27.7 Å². The van der Waals surface area contributed by atoms with Crippen molar-refractivity contribution in [1.82, 2.24) is 10.2 Å². The second kappa shape index (κ2) is 5.55. The number of thioether (sulfide) groups is 1. The van der Waals surface area contributed by atoms with Gasteiger partial charge in [0.05, 0.1) is 7.11 Å². The van der Waals surface area contributed by atoms with E-state index >= 15 is 0 Å². The van der Waals surface area contributed by atoms with Crippen LogP contribution in [0.5, 0.6) is 5.75 Å². The number of ether oxygens (including phenoxy) is 1. The minimum Gasteiger partial charge on any atom is -0.497 e. The Labute approximate surface area is 112 Å². The summed E-state index contributed by atoms with van der Waals surface area (Å²) < 4.78 is 11.5. The van der Waals surface area contributed by atoms with E-state index in [0.717, 1.165) is 21.5 Å². The van der Waals surface area contributed by atoms with Crippen molar-refractivity contribution in [2.75, 3.05) is 7.11 Å². The molecule has 0 saturated heterocycles. The van der Waals surface area contributed by atoms with Crippen molar-refractivity contribution in [2.45, 2.75) is 17.9 Å². The maximum absolute atomic E-state index is 5.30. The van der Waals surface area contributed by atoms with Gasteiger partial charge >= 0.3 is 0 Å². The van der Waals surface area contributed by atoms with Crippen molar-refractivity contribution < 1.29 is 9.15 Å². The van der Waals surface area contributed by atoms with Crippen molar-refractivity contribution in [3.63, 3.8) is 0 Å². The molecule has 1 heterocycles. The van der Waals surface area contributed by atoms with Crippen molar-refractivity contribution in [2.24, 2.45) is 0 Å². The number of methoxy groups -OCH3 is 1. The fourth-order valence-corrected chi connectivity index (χ4v) is 2.63. The van der Waals surface area contributed by atoms with Crippen LogP contribution in [-0.2, 0) is 5.75 Å². The van der Waals surface area contributed by atoms with Gasteiger partial charge in [-0.05, 0) is 23.8 Å². The molecule has 0 N–H and O–H groups in total. The molecule has 0 fully saturated rings. The summed E-state index contributed by atoms with van der Waals surface area (Å²) in [7, 11) is 1.65. The molecule has 1 aromatic carbocycles. The molecule has 4 nitrogen and oxygen atoms in total. The molecule has 0 unspecified atom stereocenters. The monoisotopic (exact) mass is 314 g/mol. The van der Waals surface area contributed by atoms with E-state index in [9.17, 15) is 0 Å². The van der Waals surface area contributed by atoms with Gasteiger partial charge in [-0.25, -0.2) is 0 Å². The van der Waals surface area contributed by atoms with Gasteiger partial charge in [-0.1, -0.05) is 27.7 Å². The van der Waals surface area contributed by atoms with Gasteiger partial charge in [0.25, 0.3) is 5.22 Å². The van der Waals surface area contributed by atoms with Gasteiger partial charge < -0.3 is 9.15 Å². The van der Waals surface area contributed by atoms with Crippen LogP contribution >= 0.6 is 27.7 Å². The van der Waals surface area contributed by atoms with Crippen LogP contribution in [0, 0.1) is 6.92 Å². The number of aromatic nitrogens is 2. The maximum atomic E-state index is 5.30. The Hall–Kier alpha value is -1.01. The molecule has 6 heteroatoms. The summed E-state index contributed by atoms with van der Waals surface area (Å²) in [5.41, 5.74) is 1.13. The van der Waals surface area contributed by atoms with Crippen LogP contribution < -0.4 is 4.74 Å². The van der Waals surface area contributed by atoms with E-state index in [-0.39, 0.29) is 0 Å². The summed E-state index contributed by atoms with van der Waals surface area (Å²) in [6.07, 6.45) is 0. The Morgan fingerprint density at radius 1 is 1.41 bits per heavy atom. The first-order valence-electron chi connectivity index (χ1n) is 4.94. The number of halogens is 1. The molecule has 0 radical (unpaired) electrons. The molecule has 0 bridgehead atoms. The summed E-state index contributed by atoms with van der Waals surface area (Å²) in [4.78, 5) is 0. The minimum absolute atomic E-state index is 0.581. The molecule has 2 aromatic rings. The van der Waals surface area contributed by atoms with Gasteiger partial charge in [0.1, 0.15) is 5.75 Å². The summed E-state index contributed by atoms with van der Waals surface area (Å²) in [6.45, 7) is 1.78. The molecule has 0 aliphatic carbocycles. The Balaban J connectivity index is 2.07. The SMILES string of the molecule is COc1ccc(Br)c(CSc2nnc(C)o2)c1. The molecular formula is C11H11BrN2O2S. The highest BCUT2D eigenvalue weighted by molar-refractivity contribution is 9.10. The second-order valence-electron chi connectivity index (χ2n) is 3.33. The molecule has 90 valence electrons. The summed E-state index contributed by atoms with van der Waals surface area (Å²) >= 11 is 5.00. The molecule has 0 aliphatic heterocycles. The Morgan fingerprint density at radius 3 is 2.88 bits per heavy atom. The standard InChI is InChI=1S/C11H11BrN2O2S/c1-7-13-14-11(16-7)17-6-8-5-9(15-2)3-4-10(8)12/h3-5H,6H2,1-2H3. The summed E-state index contributed by atoms with van der Waals surface area (Å²) in [6, 6.07) is 5.86. The number of nitrogens with zero attached hydrogens (tertiary/aromatic N) is 2. The fourth-order valence-electron chi connectivity index (χ4n) is 1.26. The van der Waals surface area contributed by atoms with Crippen LogP contribution in [0.2, 0.25) is 0 Å². The van der Waals surface area contributed by atoms with Gasteiger partial charge in [0.2, 0.25) is 5.89 Å². The minimum atomic E-state index is 0.581. The topological polar surface area (TPSA) is 48.2 Å². The lowest BCUT2D eigenvalue weighted by atomic mass is 10.2. The van der Waals surface area contributed by atoms with Gasteiger partial charge in [0.15, 0.2) is 0 Å². The van der Waals surface area contributed by atoms with Crippen LogP contribution in [0.4, 0.5) is 0 Å². The van der Waals surface area contributed by atoms with Gasteiger partial charge in [-0.15, -0.1) is 10.2 Å². The zero-order valence-electron chi connectivity index (χ0n) is 9.44. The summed E-state index contributed by atoms with van der Waals surface area (Å²) in [5.74, 6) is 2.17. The first-order valence-corrected chi connectivity index (χ1v) is 6.72. The van der Waals surface area contributed by atoms with Crippen LogP contribution in [0.25, 0.3) is 0 Å². The molecule has 0 saturated carbocycles. The highest BCUT2D eigenvalue weighted by Crippen LogP contribution is 2.28. The van der Waals surface area contributed by atoms with E-state index < -0.39 is 0 Å². The van der Waals surface area contributed by atoms with Gasteiger partial charge in [-0.2, -0.15) is 0 Å². The van der Waals surface area contributed by atoms with E-state index in [1.807, 2.05) is 18.2 Å². The number of rotatable bonds is 4. The molecule has 17 heavy (non-hydrogen) atoms. The smallest absolute Gasteiger partial charge is 0.276 e. The highest BCUT2D eigenvalue weighted by Gasteiger charge is 2.07. The first kappa shape index (κ1) is 12.4. The van der Waals surface area contributed by atoms with E-state index in [2.05, 4.69) is 26.1 Å². The van der Waals surface area contributed by atoms with Gasteiger partial charge in [0, 0.05) is 17.1 Å². The van der Waals surface area contributed by atoms with Crippen LogP contribution in [-0.4, -0.2) is 17.3 Å². The molecular weight excluding hydrogens is 304 g/mol. The van der Waals surface area contributed by atoms with Crippen molar-refractivity contribution in [3.05, 3.63) is 34.1 Å². The Bertz CT molecular complexity index is 516. The third kappa shape index (κ3) is 3.23. The largest absolute Gasteiger partial charge is 0.497 e. The number of hydrogen-bond acceptors (Lipinski definition) is 5. The van der Waals surface area contributed by atoms with E-state index in [0.29, 0.717) is 11.1 Å². The van der Waals surface area contributed by atoms with E-state index in [4.69, 9.17) is 9.15 Å². The highest BCUT2D eigenvalue weighted by atomic mass is 79.9. The second-order valence-corrected chi connectivity index (χ2v) is 5.11. The van der Waals surface area contributed by atoms with Crippen molar-refractivity contribution in [1.29, 1.82) is 0 Å². The third-order valence-corrected chi connectivity index (χ3v) is 3.75. The predicted molar refractivity (Wildman–Crippen MR) is 69.3 cm³/mol. The van der Waals surface area contributed by atoms with Crippen LogP contribution in [0.15, 0.2) is 32.3 Å². The van der Waals surface area contributed by atoms with Gasteiger partial charge in [-0.3, -0.25) is 0 Å². The molecule has 2 rings (SSSR count). The zero-order valence-corrected chi connectivity index (χ0v) is 11.8. The number of aryl methyl sites for hydroxylation is 1. The third-order valence-electron chi connectivity index (χ3n) is 2.11. The maximum Gasteiger partial charge on any atom is 0.276 e. The molecule has 1 aromatic heterocycles. The average molecular weight is 315 g/mol. The average Bonchev–Trinajstić information content (AvgIpc) is 2.74. The quantitative estimate of drug-likeness (QED) is 0.809. The fraction of sp³-hybridized carbons (Fsp3) is 0.273. The lowest BCUT2D eigenvalue weighted by molar-refractivity contribution is 0.414. The molecule has 0 amide bonds. The lowest BCUT2D eigenvalue weighted by Gasteiger charge is -2.05. The van der Waals surface area contributed by atoms with E-state index in [1.54, 1.807) is 14.0 Å².